The zero-order chi connectivity index (χ0) is 36.6. The Morgan fingerprint density at radius 2 is 1.06 bits per heavy atom. The molecule has 0 unspecified atom stereocenters. The van der Waals surface area contributed by atoms with E-state index < -0.39 is 69.9 Å². The molecular weight excluding hydrogens is 709 g/mol. The van der Waals surface area contributed by atoms with E-state index in [0.29, 0.717) is 0 Å². The number of carbonyl (C=O) groups is 2. The van der Waals surface area contributed by atoms with Crippen molar-refractivity contribution in [3.05, 3.63) is 120 Å². The van der Waals surface area contributed by atoms with E-state index >= 15 is 0 Å². The molecule has 0 saturated carbocycles. The molecule has 0 amide bonds. The third-order valence-electron chi connectivity index (χ3n) is 7.42. The number of aryl methyl sites for hydroxylation is 2. The molecular formula is C35H34O14S2. The fraction of sp³-hybridized carbons (Fsp3) is 0.257. The van der Waals surface area contributed by atoms with E-state index in [0.717, 1.165) is 18.2 Å². The van der Waals surface area contributed by atoms with Crippen LogP contribution in [0, 0.1) is 13.8 Å². The largest absolute Gasteiger partial charge is 0.514 e. The first-order valence-electron chi connectivity index (χ1n) is 15.4. The second-order valence-electron chi connectivity index (χ2n) is 11.2. The van der Waals surface area contributed by atoms with Gasteiger partial charge in [-0.1, -0.05) is 71.8 Å². The van der Waals surface area contributed by atoms with Crippen LogP contribution in [0.1, 0.15) is 11.1 Å². The van der Waals surface area contributed by atoms with Crippen molar-refractivity contribution in [1.29, 1.82) is 0 Å². The minimum atomic E-state index is -4.70. The molecule has 1 heterocycles. The zero-order valence-corrected chi connectivity index (χ0v) is 29.2. The molecule has 270 valence electrons. The average molecular weight is 743 g/mol. The Balaban J connectivity index is 1.52. The lowest BCUT2D eigenvalue weighted by Crippen LogP contribution is -2.63. The number of benzene rings is 4. The van der Waals surface area contributed by atoms with Gasteiger partial charge in [0, 0.05) is 7.11 Å². The first kappa shape index (κ1) is 37.4. The molecule has 1 saturated heterocycles. The summed E-state index contributed by atoms with van der Waals surface area (Å²) in [6, 6.07) is 27.0. The smallest absolute Gasteiger partial charge is 0.424 e. The van der Waals surface area contributed by atoms with Crippen LogP contribution in [0.15, 0.2) is 119 Å². The minimum absolute atomic E-state index is 0.0626. The van der Waals surface area contributed by atoms with Crippen LogP contribution in [0.3, 0.4) is 0 Å². The van der Waals surface area contributed by atoms with E-state index in [1.54, 1.807) is 62.4 Å². The Bertz CT molecular complexity index is 1990. The summed E-state index contributed by atoms with van der Waals surface area (Å²) >= 11 is 0. The monoisotopic (exact) mass is 742 g/mol. The Labute approximate surface area is 295 Å². The van der Waals surface area contributed by atoms with Crippen LogP contribution in [0.2, 0.25) is 0 Å². The van der Waals surface area contributed by atoms with Gasteiger partial charge in [0.25, 0.3) is 20.2 Å². The molecule has 0 spiro atoms. The molecule has 1 aliphatic heterocycles. The average Bonchev–Trinajstić information content (AvgIpc) is 3.10. The number of hydrogen-bond donors (Lipinski definition) is 0. The zero-order valence-electron chi connectivity index (χ0n) is 27.5. The third-order valence-corrected chi connectivity index (χ3v) is 10.0. The molecule has 0 N–H and O–H groups in total. The summed E-state index contributed by atoms with van der Waals surface area (Å²) in [5.41, 5.74) is 1.54. The van der Waals surface area contributed by atoms with Gasteiger partial charge >= 0.3 is 12.3 Å². The van der Waals surface area contributed by atoms with Crippen molar-refractivity contribution in [2.75, 3.05) is 13.7 Å². The van der Waals surface area contributed by atoms with Gasteiger partial charge in [0.05, 0.1) is 16.4 Å². The van der Waals surface area contributed by atoms with Crippen LogP contribution < -0.4 is 9.47 Å². The van der Waals surface area contributed by atoms with Crippen LogP contribution >= 0.6 is 0 Å². The van der Waals surface area contributed by atoms with Gasteiger partial charge in [0.2, 0.25) is 0 Å². The third kappa shape index (κ3) is 9.90. The molecule has 0 bridgehead atoms. The summed E-state index contributed by atoms with van der Waals surface area (Å²) in [6.45, 7) is 2.65. The normalized spacial score (nSPS) is 20.6. The number of methoxy groups -OCH3 is 1. The minimum Gasteiger partial charge on any atom is -0.424 e. The van der Waals surface area contributed by atoms with E-state index in [-0.39, 0.29) is 21.3 Å². The van der Waals surface area contributed by atoms with E-state index in [1.807, 2.05) is 0 Å². The Hall–Kier alpha value is -4.84. The highest BCUT2D eigenvalue weighted by atomic mass is 32.2. The van der Waals surface area contributed by atoms with Gasteiger partial charge in [-0.3, -0.25) is 8.37 Å². The second kappa shape index (κ2) is 16.5. The maximum absolute atomic E-state index is 13.7. The predicted molar refractivity (Wildman–Crippen MR) is 178 cm³/mol. The highest BCUT2D eigenvalue weighted by molar-refractivity contribution is 7.87. The number of hydrogen-bond acceptors (Lipinski definition) is 14. The first-order valence-corrected chi connectivity index (χ1v) is 18.2. The van der Waals surface area contributed by atoms with Crippen LogP contribution in [0.5, 0.6) is 11.5 Å². The molecule has 14 nitrogen and oxygen atoms in total. The topological polar surface area (TPSA) is 176 Å². The molecule has 0 aromatic heterocycles. The lowest BCUT2D eigenvalue weighted by molar-refractivity contribution is -0.289. The SMILES string of the molecule is CO[C@H]1O[C@@H](COS(=O)(=O)c2ccc(C)cc2)[C@H](OS(=O)(=O)c2ccc(C)cc2)[C@@H](OC(=O)Oc2ccccc2)[C@@H]1OC(=O)Oc1ccccc1. The number of carbonyl (C=O) groups excluding carboxylic acids is 2. The quantitative estimate of drug-likeness (QED) is 0.104. The summed E-state index contributed by atoms with van der Waals surface area (Å²) < 4.78 is 97.7. The standard InChI is InChI=1S/C35H34O14S2/c1-23-14-18-27(19-15-23)50(38,39)43-22-29-30(49-51(40,41)28-20-16-24(2)17-21-28)31(47-34(36)44-25-10-6-4-7-11-25)32(33(42-3)46-29)48-35(37)45-26-12-8-5-9-13-26/h4-21,29-33H,22H2,1-3H3/t29-,30-,31+,32-,33-/m0/s1. The lowest BCUT2D eigenvalue weighted by Gasteiger charge is -2.43. The Kier molecular flexibility index (Phi) is 12.1. The summed E-state index contributed by atoms with van der Waals surface area (Å²) in [5.74, 6) is 0.157. The van der Waals surface area contributed by atoms with Crippen molar-refractivity contribution >= 4 is 32.5 Å². The van der Waals surface area contributed by atoms with Crippen molar-refractivity contribution in [2.45, 2.75) is 54.3 Å². The van der Waals surface area contributed by atoms with E-state index in [1.165, 1.54) is 60.7 Å². The van der Waals surface area contributed by atoms with Crippen molar-refractivity contribution in [2.24, 2.45) is 0 Å². The first-order chi connectivity index (χ1) is 24.3. The highest BCUT2D eigenvalue weighted by Gasteiger charge is 2.54. The molecule has 16 heteroatoms. The second-order valence-corrected chi connectivity index (χ2v) is 14.3. The van der Waals surface area contributed by atoms with Crippen LogP contribution in [0.25, 0.3) is 0 Å². The summed E-state index contributed by atoms with van der Waals surface area (Å²) in [6.07, 6.45) is -11.5. The summed E-state index contributed by atoms with van der Waals surface area (Å²) in [4.78, 5) is 25.8. The molecule has 1 aliphatic rings. The molecule has 0 radical (unpaired) electrons. The number of para-hydroxylation sites is 2. The van der Waals surface area contributed by atoms with Gasteiger partial charge < -0.3 is 28.4 Å². The Morgan fingerprint density at radius 3 is 1.53 bits per heavy atom. The molecule has 5 rings (SSSR count). The number of rotatable bonds is 12. The molecule has 51 heavy (non-hydrogen) atoms. The maximum atomic E-state index is 13.7. The van der Waals surface area contributed by atoms with E-state index in [2.05, 4.69) is 0 Å². The van der Waals surface area contributed by atoms with Gasteiger partial charge in [-0.25, -0.2) is 9.59 Å². The van der Waals surface area contributed by atoms with Gasteiger partial charge in [0.1, 0.15) is 23.7 Å². The maximum Gasteiger partial charge on any atom is 0.514 e. The lowest BCUT2D eigenvalue weighted by atomic mass is 9.99. The summed E-state index contributed by atoms with van der Waals surface area (Å²) in [5, 5.41) is 0. The van der Waals surface area contributed by atoms with Crippen LogP contribution in [0.4, 0.5) is 9.59 Å². The molecule has 1 fully saturated rings. The Morgan fingerprint density at radius 1 is 0.608 bits per heavy atom. The fourth-order valence-electron chi connectivity index (χ4n) is 4.85. The van der Waals surface area contributed by atoms with Crippen LogP contribution in [-0.2, 0) is 47.5 Å². The van der Waals surface area contributed by atoms with Gasteiger partial charge in [-0.15, -0.1) is 0 Å². The van der Waals surface area contributed by atoms with Gasteiger partial charge in [0.15, 0.2) is 18.5 Å². The molecule has 5 atom stereocenters. The number of ether oxygens (including phenoxy) is 6. The van der Waals surface area contributed by atoms with Crippen molar-refractivity contribution in [1.82, 2.24) is 0 Å². The van der Waals surface area contributed by atoms with Gasteiger partial charge in [-0.05, 0) is 62.4 Å². The molecule has 4 aromatic rings. The van der Waals surface area contributed by atoms with E-state index in [4.69, 9.17) is 36.8 Å². The van der Waals surface area contributed by atoms with Crippen molar-refractivity contribution in [3.63, 3.8) is 0 Å². The molecule has 4 aromatic carbocycles. The van der Waals surface area contributed by atoms with Crippen molar-refractivity contribution < 1.29 is 63.2 Å². The van der Waals surface area contributed by atoms with Crippen molar-refractivity contribution in [3.8, 4) is 11.5 Å². The van der Waals surface area contributed by atoms with Crippen LogP contribution in [-0.4, -0.2) is 73.6 Å². The van der Waals surface area contributed by atoms with E-state index in [9.17, 15) is 26.4 Å². The predicted octanol–water partition coefficient (Wildman–Crippen LogP) is 5.32. The molecule has 0 aliphatic carbocycles. The summed E-state index contributed by atoms with van der Waals surface area (Å²) in [7, 11) is -7.98. The van der Waals surface area contributed by atoms with Gasteiger partial charge in [-0.2, -0.15) is 16.8 Å². The highest BCUT2D eigenvalue weighted by Crippen LogP contribution is 2.33. The fourth-order valence-corrected chi connectivity index (χ4v) is 6.88.